The molecule has 0 bridgehead atoms. The van der Waals surface area contributed by atoms with E-state index < -0.39 is 0 Å². The Hall–Kier alpha value is -1.47. The van der Waals surface area contributed by atoms with Gasteiger partial charge in [-0.1, -0.05) is 52.9 Å². The number of nitrogens with zero attached hydrogens (tertiary/aromatic N) is 2. The van der Waals surface area contributed by atoms with Crippen molar-refractivity contribution in [2.24, 2.45) is 0 Å². The van der Waals surface area contributed by atoms with E-state index >= 15 is 0 Å². The molecule has 0 aliphatic heterocycles. The van der Waals surface area contributed by atoms with E-state index in [2.05, 4.69) is 5.10 Å². The molecular weight excluding hydrogens is 380 g/mol. The summed E-state index contributed by atoms with van der Waals surface area (Å²) in [5, 5.41) is 4.89. The van der Waals surface area contributed by atoms with E-state index in [9.17, 15) is 4.79 Å². The third-order valence-electron chi connectivity index (χ3n) is 3.31. The second-order valence-corrected chi connectivity index (χ2v) is 8.66. The minimum Gasteiger partial charge on any atom is -0.293 e. The second kappa shape index (κ2) is 7.61. The van der Waals surface area contributed by atoms with Crippen LogP contribution >= 0.6 is 46.9 Å². The number of carbonyl (C=O) groups excluding carboxylic acids is 1. The SMILES string of the molecule is CC(Sc1nn(-c2ccccc2)c(=S)s1)C(=O)c1ccc(Cl)cc1. The maximum atomic E-state index is 12.5. The van der Waals surface area contributed by atoms with Crippen LogP contribution in [0, 0.1) is 3.95 Å². The largest absolute Gasteiger partial charge is 0.293 e. The summed E-state index contributed by atoms with van der Waals surface area (Å²) in [5.74, 6) is 0.0454. The third-order valence-corrected chi connectivity index (χ3v) is 5.97. The highest BCUT2D eigenvalue weighted by Gasteiger charge is 2.19. The van der Waals surface area contributed by atoms with Crippen LogP contribution in [-0.4, -0.2) is 20.8 Å². The molecule has 0 aliphatic rings. The molecule has 0 aliphatic carbocycles. The summed E-state index contributed by atoms with van der Waals surface area (Å²) in [6, 6.07) is 16.7. The number of thioether (sulfide) groups is 1. The summed E-state index contributed by atoms with van der Waals surface area (Å²) in [5.41, 5.74) is 1.56. The van der Waals surface area contributed by atoms with E-state index in [1.165, 1.54) is 23.1 Å². The molecular formula is C17H13ClN2OS3. The smallest absolute Gasteiger partial charge is 0.184 e. The van der Waals surface area contributed by atoms with E-state index in [4.69, 9.17) is 23.8 Å². The molecule has 24 heavy (non-hydrogen) atoms. The summed E-state index contributed by atoms with van der Waals surface area (Å²) >= 11 is 14.1. The number of aromatic nitrogens is 2. The fraction of sp³-hybridized carbons (Fsp3) is 0.118. The monoisotopic (exact) mass is 392 g/mol. The highest BCUT2D eigenvalue weighted by Crippen LogP contribution is 2.29. The Morgan fingerprint density at radius 2 is 1.88 bits per heavy atom. The van der Waals surface area contributed by atoms with Crippen LogP contribution in [0.25, 0.3) is 5.69 Å². The van der Waals surface area contributed by atoms with Gasteiger partial charge in [-0.2, -0.15) is 0 Å². The van der Waals surface area contributed by atoms with Crippen LogP contribution in [0.3, 0.4) is 0 Å². The molecule has 0 spiro atoms. The van der Waals surface area contributed by atoms with Crippen LogP contribution in [0.1, 0.15) is 17.3 Å². The van der Waals surface area contributed by atoms with Gasteiger partial charge in [-0.05, 0) is 55.5 Å². The van der Waals surface area contributed by atoms with Crippen molar-refractivity contribution >= 4 is 52.7 Å². The van der Waals surface area contributed by atoms with Gasteiger partial charge in [0.15, 0.2) is 14.1 Å². The van der Waals surface area contributed by atoms with Crippen molar-refractivity contribution in [1.29, 1.82) is 0 Å². The molecule has 2 aromatic carbocycles. The zero-order chi connectivity index (χ0) is 17.1. The van der Waals surface area contributed by atoms with Crippen LogP contribution in [0.4, 0.5) is 0 Å². The van der Waals surface area contributed by atoms with Crippen molar-refractivity contribution in [2.45, 2.75) is 16.5 Å². The molecule has 1 aromatic heterocycles. The molecule has 7 heteroatoms. The zero-order valence-corrected chi connectivity index (χ0v) is 15.9. The van der Waals surface area contributed by atoms with Crippen molar-refractivity contribution < 1.29 is 4.79 Å². The molecule has 0 saturated heterocycles. The summed E-state index contributed by atoms with van der Waals surface area (Å²) in [6.07, 6.45) is 0. The topological polar surface area (TPSA) is 34.9 Å². The summed E-state index contributed by atoms with van der Waals surface area (Å²) in [7, 11) is 0. The number of rotatable bonds is 5. The Kier molecular flexibility index (Phi) is 5.50. The van der Waals surface area contributed by atoms with E-state index in [0.717, 1.165) is 10.0 Å². The molecule has 0 radical (unpaired) electrons. The molecule has 3 rings (SSSR count). The first kappa shape index (κ1) is 17.4. The molecule has 1 unspecified atom stereocenters. The lowest BCUT2D eigenvalue weighted by Gasteiger charge is -2.08. The van der Waals surface area contributed by atoms with Crippen molar-refractivity contribution in [1.82, 2.24) is 9.78 Å². The number of ketones is 1. The number of Topliss-reactive ketones (excluding diaryl/α,β-unsaturated/α-hetero) is 1. The average Bonchev–Trinajstić information content (AvgIpc) is 2.96. The van der Waals surface area contributed by atoms with Gasteiger partial charge in [-0.25, -0.2) is 4.68 Å². The van der Waals surface area contributed by atoms with Crippen LogP contribution in [0.15, 0.2) is 58.9 Å². The fourth-order valence-electron chi connectivity index (χ4n) is 2.09. The van der Waals surface area contributed by atoms with Crippen molar-refractivity contribution in [2.75, 3.05) is 0 Å². The van der Waals surface area contributed by atoms with E-state index in [1.54, 1.807) is 28.9 Å². The van der Waals surface area contributed by atoms with Gasteiger partial charge in [0.25, 0.3) is 0 Å². The minimum absolute atomic E-state index is 0.0454. The molecule has 0 N–H and O–H groups in total. The number of para-hydroxylation sites is 1. The molecule has 1 heterocycles. The predicted molar refractivity (Wildman–Crippen MR) is 103 cm³/mol. The Bertz CT molecular complexity index is 904. The summed E-state index contributed by atoms with van der Waals surface area (Å²) in [6.45, 7) is 1.87. The standard InChI is InChI=1S/C17H13ClN2OS3/c1-11(15(21)12-7-9-13(18)10-8-12)23-16-19-20(17(22)24-16)14-5-3-2-4-6-14/h2-11H,1H3. The summed E-state index contributed by atoms with van der Waals surface area (Å²) in [4.78, 5) is 12.5. The normalized spacial score (nSPS) is 12.1. The Morgan fingerprint density at radius 1 is 1.21 bits per heavy atom. The van der Waals surface area contributed by atoms with E-state index in [1.807, 2.05) is 37.3 Å². The number of halogens is 1. The van der Waals surface area contributed by atoms with Crippen LogP contribution in [0.5, 0.6) is 0 Å². The Balaban J connectivity index is 1.78. The zero-order valence-electron chi connectivity index (χ0n) is 12.7. The van der Waals surface area contributed by atoms with E-state index in [-0.39, 0.29) is 11.0 Å². The predicted octanol–water partition coefficient (Wildman–Crippen LogP) is 5.68. The van der Waals surface area contributed by atoms with Gasteiger partial charge in [0.2, 0.25) is 0 Å². The first-order valence-corrected chi connectivity index (χ1v) is 9.65. The number of hydrogen-bond donors (Lipinski definition) is 0. The summed E-state index contributed by atoms with van der Waals surface area (Å²) < 4.78 is 3.16. The quantitative estimate of drug-likeness (QED) is 0.318. The van der Waals surface area contributed by atoms with Gasteiger partial charge in [-0.3, -0.25) is 4.79 Å². The van der Waals surface area contributed by atoms with Gasteiger partial charge in [0.05, 0.1) is 10.9 Å². The third kappa shape index (κ3) is 3.95. The second-order valence-electron chi connectivity index (χ2n) is 5.01. The van der Waals surface area contributed by atoms with Crippen LogP contribution in [0.2, 0.25) is 5.02 Å². The van der Waals surface area contributed by atoms with Crippen molar-refractivity contribution in [3.05, 3.63) is 69.1 Å². The van der Waals surface area contributed by atoms with Gasteiger partial charge in [-0.15, -0.1) is 5.10 Å². The number of carbonyl (C=O) groups is 1. The number of hydrogen-bond acceptors (Lipinski definition) is 5. The molecule has 3 aromatic rings. The lowest BCUT2D eigenvalue weighted by molar-refractivity contribution is 0.0994. The Morgan fingerprint density at radius 3 is 2.54 bits per heavy atom. The maximum absolute atomic E-state index is 12.5. The average molecular weight is 393 g/mol. The van der Waals surface area contributed by atoms with Gasteiger partial charge in [0.1, 0.15) is 0 Å². The first-order valence-electron chi connectivity index (χ1n) is 7.16. The fourth-order valence-corrected chi connectivity index (χ4v) is 4.80. The first-order chi connectivity index (χ1) is 11.5. The van der Waals surface area contributed by atoms with Crippen LogP contribution < -0.4 is 0 Å². The van der Waals surface area contributed by atoms with Crippen molar-refractivity contribution in [3.63, 3.8) is 0 Å². The molecule has 0 saturated carbocycles. The molecule has 0 fully saturated rings. The minimum atomic E-state index is -0.254. The molecule has 122 valence electrons. The van der Waals surface area contributed by atoms with Gasteiger partial charge < -0.3 is 0 Å². The maximum Gasteiger partial charge on any atom is 0.184 e. The molecule has 3 nitrogen and oxygen atoms in total. The van der Waals surface area contributed by atoms with Gasteiger partial charge in [0, 0.05) is 10.6 Å². The molecule has 0 amide bonds. The lowest BCUT2D eigenvalue weighted by Crippen LogP contribution is -2.13. The van der Waals surface area contributed by atoms with Crippen LogP contribution in [-0.2, 0) is 0 Å². The van der Waals surface area contributed by atoms with Crippen molar-refractivity contribution in [3.8, 4) is 5.69 Å². The highest BCUT2D eigenvalue weighted by molar-refractivity contribution is 8.02. The lowest BCUT2D eigenvalue weighted by atomic mass is 10.1. The highest BCUT2D eigenvalue weighted by atomic mass is 35.5. The Labute approximate surface area is 158 Å². The van der Waals surface area contributed by atoms with E-state index in [0.29, 0.717) is 14.5 Å². The number of benzene rings is 2. The molecule has 1 atom stereocenters. The van der Waals surface area contributed by atoms with Gasteiger partial charge >= 0.3 is 0 Å².